The Morgan fingerprint density at radius 3 is 2.84 bits per heavy atom. The van der Waals surface area contributed by atoms with Gasteiger partial charge < -0.3 is 5.32 Å². The van der Waals surface area contributed by atoms with Gasteiger partial charge in [-0.3, -0.25) is 4.68 Å². The van der Waals surface area contributed by atoms with Crippen LogP contribution in [0.15, 0.2) is 34.9 Å². The third kappa shape index (κ3) is 3.79. The van der Waals surface area contributed by atoms with Crippen LogP contribution in [0.2, 0.25) is 0 Å². The second-order valence-corrected chi connectivity index (χ2v) is 6.59. The number of nitrogens with one attached hydrogen (secondary N) is 1. The van der Waals surface area contributed by atoms with Gasteiger partial charge in [-0.15, -0.1) is 0 Å². The first kappa shape index (κ1) is 15.0. The zero-order chi connectivity index (χ0) is 13.8. The standard InChI is InChI=1S/C14H17BrIN3/c1-17-14(6-4-11-7-8-18-19(11)2)12-9-10(16)3-5-13(12)15/h3,5,7-9,14,17H,4,6H2,1-2H3. The second kappa shape index (κ2) is 6.85. The molecular formula is C14H17BrIN3. The van der Waals surface area contributed by atoms with Gasteiger partial charge in [0.2, 0.25) is 0 Å². The normalized spacial score (nSPS) is 12.6. The van der Waals surface area contributed by atoms with Gasteiger partial charge in [0.15, 0.2) is 0 Å². The lowest BCUT2D eigenvalue weighted by atomic mass is 10.0. The van der Waals surface area contributed by atoms with E-state index in [2.05, 4.69) is 73.2 Å². The average molecular weight is 434 g/mol. The van der Waals surface area contributed by atoms with Crippen molar-refractivity contribution in [1.29, 1.82) is 0 Å². The van der Waals surface area contributed by atoms with Crippen LogP contribution in [-0.4, -0.2) is 16.8 Å². The number of aromatic nitrogens is 2. The molecular weight excluding hydrogens is 417 g/mol. The number of benzene rings is 1. The van der Waals surface area contributed by atoms with Crippen LogP contribution in [0.5, 0.6) is 0 Å². The van der Waals surface area contributed by atoms with Crippen LogP contribution in [0.25, 0.3) is 0 Å². The van der Waals surface area contributed by atoms with Crippen LogP contribution in [0.3, 0.4) is 0 Å². The quantitative estimate of drug-likeness (QED) is 0.729. The molecule has 3 nitrogen and oxygen atoms in total. The zero-order valence-corrected chi connectivity index (χ0v) is 14.8. The van der Waals surface area contributed by atoms with Crippen LogP contribution in [0, 0.1) is 3.57 Å². The summed E-state index contributed by atoms with van der Waals surface area (Å²) < 4.78 is 4.37. The van der Waals surface area contributed by atoms with Gasteiger partial charge in [0.05, 0.1) is 0 Å². The van der Waals surface area contributed by atoms with Crippen LogP contribution in [0.4, 0.5) is 0 Å². The maximum absolute atomic E-state index is 4.21. The molecule has 1 unspecified atom stereocenters. The molecule has 0 spiro atoms. The molecule has 5 heteroatoms. The maximum atomic E-state index is 4.21. The SMILES string of the molecule is CNC(CCc1ccnn1C)c1cc(I)ccc1Br. The van der Waals surface area contributed by atoms with Crippen LogP contribution < -0.4 is 5.32 Å². The molecule has 2 rings (SSSR count). The molecule has 0 aliphatic carbocycles. The fourth-order valence-corrected chi connectivity index (χ4v) is 3.21. The van der Waals surface area contributed by atoms with E-state index < -0.39 is 0 Å². The highest BCUT2D eigenvalue weighted by atomic mass is 127. The van der Waals surface area contributed by atoms with Gasteiger partial charge in [0.1, 0.15) is 0 Å². The Hall–Kier alpha value is -0.400. The van der Waals surface area contributed by atoms with Gasteiger partial charge >= 0.3 is 0 Å². The number of hydrogen-bond donors (Lipinski definition) is 1. The van der Waals surface area contributed by atoms with E-state index >= 15 is 0 Å². The summed E-state index contributed by atoms with van der Waals surface area (Å²) in [7, 11) is 4.01. The highest BCUT2D eigenvalue weighted by Crippen LogP contribution is 2.28. The molecule has 0 saturated carbocycles. The first-order chi connectivity index (χ1) is 9.11. The predicted octanol–water partition coefficient (Wildman–Crippen LogP) is 3.68. The van der Waals surface area contributed by atoms with Crippen LogP contribution in [0.1, 0.15) is 23.7 Å². The van der Waals surface area contributed by atoms with Gasteiger partial charge in [0, 0.05) is 33.0 Å². The lowest BCUT2D eigenvalue weighted by molar-refractivity contribution is 0.534. The van der Waals surface area contributed by atoms with Crippen molar-refractivity contribution in [1.82, 2.24) is 15.1 Å². The van der Waals surface area contributed by atoms with E-state index in [1.54, 1.807) is 0 Å². The molecule has 1 atom stereocenters. The molecule has 1 aromatic heterocycles. The Balaban J connectivity index is 2.12. The lowest BCUT2D eigenvalue weighted by Crippen LogP contribution is -2.18. The van der Waals surface area contributed by atoms with Crippen molar-refractivity contribution >= 4 is 38.5 Å². The second-order valence-electron chi connectivity index (χ2n) is 4.49. The summed E-state index contributed by atoms with van der Waals surface area (Å²) in [5.74, 6) is 0. The van der Waals surface area contributed by atoms with Crippen LogP contribution in [-0.2, 0) is 13.5 Å². The van der Waals surface area contributed by atoms with Crippen molar-refractivity contribution in [3.63, 3.8) is 0 Å². The summed E-state index contributed by atoms with van der Waals surface area (Å²) in [6.45, 7) is 0. The first-order valence-electron chi connectivity index (χ1n) is 6.21. The molecule has 19 heavy (non-hydrogen) atoms. The van der Waals surface area contributed by atoms with Crippen molar-refractivity contribution in [2.24, 2.45) is 7.05 Å². The van der Waals surface area contributed by atoms with E-state index in [9.17, 15) is 0 Å². The molecule has 0 bridgehead atoms. The van der Waals surface area contributed by atoms with E-state index in [0.717, 1.165) is 17.3 Å². The van der Waals surface area contributed by atoms with Crippen molar-refractivity contribution in [3.8, 4) is 0 Å². The summed E-state index contributed by atoms with van der Waals surface area (Å²) in [5, 5.41) is 7.62. The molecule has 0 fully saturated rings. The Morgan fingerprint density at radius 2 is 2.21 bits per heavy atom. The summed E-state index contributed by atoms with van der Waals surface area (Å²) in [5.41, 5.74) is 2.58. The van der Waals surface area contributed by atoms with Crippen molar-refractivity contribution in [2.75, 3.05) is 7.05 Å². The third-order valence-electron chi connectivity index (χ3n) is 3.29. The minimum Gasteiger partial charge on any atom is -0.313 e. The Labute approximate surface area is 136 Å². The minimum absolute atomic E-state index is 0.346. The minimum atomic E-state index is 0.346. The van der Waals surface area contributed by atoms with Gasteiger partial charge in [-0.1, -0.05) is 15.9 Å². The van der Waals surface area contributed by atoms with Crippen LogP contribution >= 0.6 is 38.5 Å². The van der Waals surface area contributed by atoms with Crippen molar-refractivity contribution in [2.45, 2.75) is 18.9 Å². The number of nitrogens with zero attached hydrogens (tertiary/aromatic N) is 2. The lowest BCUT2D eigenvalue weighted by Gasteiger charge is -2.18. The monoisotopic (exact) mass is 433 g/mol. The fraction of sp³-hybridized carbons (Fsp3) is 0.357. The number of hydrogen-bond acceptors (Lipinski definition) is 2. The van der Waals surface area contributed by atoms with E-state index in [1.165, 1.54) is 14.8 Å². The average Bonchev–Trinajstić information content (AvgIpc) is 2.80. The fourth-order valence-electron chi connectivity index (χ4n) is 2.18. The Bertz CT molecular complexity index is 553. The highest BCUT2D eigenvalue weighted by molar-refractivity contribution is 14.1. The van der Waals surface area contributed by atoms with Crippen molar-refractivity contribution in [3.05, 3.63) is 49.8 Å². The first-order valence-corrected chi connectivity index (χ1v) is 8.08. The summed E-state index contributed by atoms with van der Waals surface area (Å²) in [6.07, 6.45) is 3.92. The molecule has 102 valence electrons. The highest BCUT2D eigenvalue weighted by Gasteiger charge is 2.14. The summed E-state index contributed by atoms with van der Waals surface area (Å²) >= 11 is 6.00. The van der Waals surface area contributed by atoms with E-state index in [-0.39, 0.29) is 0 Å². The van der Waals surface area contributed by atoms with Gasteiger partial charge in [-0.05, 0) is 72.3 Å². The summed E-state index contributed by atoms with van der Waals surface area (Å²) in [6, 6.07) is 8.89. The maximum Gasteiger partial charge on any atom is 0.0492 e. The predicted molar refractivity (Wildman–Crippen MR) is 90.2 cm³/mol. The molecule has 0 saturated heterocycles. The van der Waals surface area contributed by atoms with Crippen molar-refractivity contribution < 1.29 is 0 Å². The molecule has 0 aliphatic heterocycles. The molecule has 1 N–H and O–H groups in total. The molecule has 2 aromatic rings. The van der Waals surface area contributed by atoms with E-state index in [0.29, 0.717) is 6.04 Å². The topological polar surface area (TPSA) is 29.9 Å². The van der Waals surface area contributed by atoms with Gasteiger partial charge in [0.25, 0.3) is 0 Å². The molecule has 1 aromatic carbocycles. The molecule has 0 amide bonds. The Kier molecular flexibility index (Phi) is 5.41. The van der Waals surface area contributed by atoms with Gasteiger partial charge in [-0.25, -0.2) is 0 Å². The Morgan fingerprint density at radius 1 is 1.42 bits per heavy atom. The zero-order valence-electron chi connectivity index (χ0n) is 11.0. The van der Waals surface area contributed by atoms with Gasteiger partial charge in [-0.2, -0.15) is 5.10 Å². The third-order valence-corrected chi connectivity index (χ3v) is 4.69. The summed E-state index contributed by atoms with van der Waals surface area (Å²) in [4.78, 5) is 0. The largest absolute Gasteiger partial charge is 0.313 e. The number of halogens is 2. The van der Waals surface area contributed by atoms with E-state index in [4.69, 9.17) is 0 Å². The molecule has 1 heterocycles. The number of aryl methyl sites for hydroxylation is 2. The smallest absolute Gasteiger partial charge is 0.0492 e. The number of rotatable bonds is 5. The molecule has 0 aliphatic rings. The van der Waals surface area contributed by atoms with E-state index in [1.807, 2.05) is 25.0 Å². The molecule has 0 radical (unpaired) electrons.